The molecular formula is C11H15ClN2O3S. The third kappa shape index (κ3) is 2.44. The minimum atomic E-state index is -0.813. The molecule has 7 heteroatoms. The minimum Gasteiger partial charge on any atom is -0.297 e. The summed E-state index contributed by atoms with van der Waals surface area (Å²) in [6.45, 7) is 1.82. The molecule has 1 aromatic heterocycles. The third-order valence-corrected chi connectivity index (χ3v) is 4.96. The maximum atomic E-state index is 12.2. The molecule has 1 aromatic rings. The van der Waals surface area contributed by atoms with Crippen molar-refractivity contribution in [3.8, 4) is 0 Å². The van der Waals surface area contributed by atoms with Gasteiger partial charge in [-0.1, -0.05) is 18.5 Å². The normalized spacial score (nSPS) is 24.1. The quantitative estimate of drug-likeness (QED) is 0.820. The summed E-state index contributed by atoms with van der Waals surface area (Å²) in [4.78, 5) is 26.6. The fourth-order valence-corrected chi connectivity index (χ4v) is 3.81. The van der Waals surface area contributed by atoms with Gasteiger partial charge in [-0.25, -0.2) is 4.79 Å². The van der Waals surface area contributed by atoms with Crippen LogP contribution in [0, 0.1) is 0 Å². The number of H-pyrrole nitrogens is 1. The number of hydrogen-bond donors (Lipinski definition) is 1. The van der Waals surface area contributed by atoms with Crippen molar-refractivity contribution in [2.45, 2.75) is 32.2 Å². The summed E-state index contributed by atoms with van der Waals surface area (Å²) in [5.74, 6) is 1.08. The van der Waals surface area contributed by atoms with Crippen molar-refractivity contribution in [3.63, 3.8) is 0 Å². The molecule has 0 aliphatic carbocycles. The second-order valence-electron chi connectivity index (χ2n) is 4.33. The van der Waals surface area contributed by atoms with Crippen LogP contribution in [0.4, 0.5) is 0 Å². The predicted octanol–water partition coefficient (Wildman–Crippen LogP) is 0.836. The molecule has 0 spiro atoms. The molecule has 1 saturated heterocycles. The van der Waals surface area contributed by atoms with Gasteiger partial charge < -0.3 is 0 Å². The maximum Gasteiger partial charge on any atom is 0.329 e. The first-order chi connectivity index (χ1) is 8.54. The third-order valence-electron chi connectivity index (χ3n) is 3.25. The summed E-state index contributed by atoms with van der Waals surface area (Å²) in [5, 5.41) is 0.128. The van der Waals surface area contributed by atoms with Gasteiger partial charge in [-0.15, -0.1) is 0 Å². The molecule has 0 radical (unpaired) electrons. The summed E-state index contributed by atoms with van der Waals surface area (Å²) >= 11 is 5.85. The molecule has 2 rings (SSSR count). The Bertz CT molecular complexity index is 583. The van der Waals surface area contributed by atoms with Crippen LogP contribution in [-0.4, -0.2) is 25.3 Å². The van der Waals surface area contributed by atoms with Gasteiger partial charge in [-0.2, -0.15) is 0 Å². The van der Waals surface area contributed by atoms with E-state index >= 15 is 0 Å². The van der Waals surface area contributed by atoms with Crippen LogP contribution in [0.1, 0.15) is 31.4 Å². The van der Waals surface area contributed by atoms with E-state index in [-0.39, 0.29) is 16.8 Å². The molecule has 0 saturated carbocycles. The standard InChI is InChI=1S/C11H15ClN2O3S/c1-2-8-9(12)13-11(16)14(10(8)15)7-3-5-18(17)6-4-7/h7H,2-6H2,1H3,(H,13,16). The Balaban J connectivity index is 2.48. The molecule has 18 heavy (non-hydrogen) atoms. The first-order valence-corrected chi connectivity index (χ1v) is 7.79. The number of rotatable bonds is 2. The lowest BCUT2D eigenvalue weighted by Crippen LogP contribution is -2.42. The van der Waals surface area contributed by atoms with E-state index in [0.717, 1.165) is 0 Å². The van der Waals surface area contributed by atoms with Crippen LogP contribution >= 0.6 is 11.6 Å². The number of halogens is 1. The molecule has 1 aliphatic heterocycles. The first-order valence-electron chi connectivity index (χ1n) is 5.92. The number of nitrogens with one attached hydrogen (secondary N) is 1. The molecule has 0 unspecified atom stereocenters. The fraction of sp³-hybridized carbons (Fsp3) is 0.636. The van der Waals surface area contributed by atoms with E-state index in [2.05, 4.69) is 4.98 Å². The highest BCUT2D eigenvalue weighted by Crippen LogP contribution is 2.20. The average molecular weight is 291 g/mol. The van der Waals surface area contributed by atoms with E-state index in [9.17, 15) is 13.8 Å². The molecule has 2 heterocycles. The monoisotopic (exact) mass is 290 g/mol. The van der Waals surface area contributed by atoms with Crippen molar-refractivity contribution < 1.29 is 4.21 Å². The van der Waals surface area contributed by atoms with Crippen molar-refractivity contribution in [1.82, 2.24) is 9.55 Å². The molecule has 1 aliphatic rings. The van der Waals surface area contributed by atoms with E-state index in [0.29, 0.717) is 36.3 Å². The van der Waals surface area contributed by atoms with Crippen LogP contribution in [0.25, 0.3) is 0 Å². The van der Waals surface area contributed by atoms with E-state index in [1.54, 1.807) is 0 Å². The molecule has 0 bridgehead atoms. The van der Waals surface area contributed by atoms with Crippen molar-refractivity contribution in [1.29, 1.82) is 0 Å². The van der Waals surface area contributed by atoms with Crippen LogP contribution in [0.2, 0.25) is 5.15 Å². The van der Waals surface area contributed by atoms with Crippen LogP contribution in [0.15, 0.2) is 9.59 Å². The van der Waals surface area contributed by atoms with Gasteiger partial charge >= 0.3 is 5.69 Å². The van der Waals surface area contributed by atoms with Gasteiger partial charge in [-0.3, -0.25) is 18.6 Å². The molecule has 1 fully saturated rings. The Morgan fingerprint density at radius 3 is 2.56 bits per heavy atom. The Kier molecular flexibility index (Phi) is 4.07. The van der Waals surface area contributed by atoms with Gasteiger partial charge in [-0.05, 0) is 19.3 Å². The highest BCUT2D eigenvalue weighted by molar-refractivity contribution is 7.85. The second-order valence-corrected chi connectivity index (χ2v) is 6.40. The topological polar surface area (TPSA) is 71.9 Å². The van der Waals surface area contributed by atoms with Crippen molar-refractivity contribution >= 4 is 22.4 Å². The Hall–Kier alpha value is -0.880. The summed E-state index contributed by atoms with van der Waals surface area (Å²) in [7, 11) is -0.813. The van der Waals surface area contributed by atoms with Crippen molar-refractivity contribution in [2.75, 3.05) is 11.5 Å². The molecule has 1 N–H and O–H groups in total. The number of aromatic nitrogens is 2. The smallest absolute Gasteiger partial charge is 0.297 e. The van der Waals surface area contributed by atoms with Gasteiger partial charge in [0.2, 0.25) is 0 Å². The summed E-state index contributed by atoms with van der Waals surface area (Å²) in [5.41, 5.74) is -0.355. The Labute approximate surface area is 112 Å². The summed E-state index contributed by atoms with van der Waals surface area (Å²) in [6, 6.07) is -0.165. The molecule has 0 atom stereocenters. The largest absolute Gasteiger partial charge is 0.329 e. The lowest BCUT2D eigenvalue weighted by molar-refractivity contribution is 0.429. The zero-order chi connectivity index (χ0) is 13.3. The molecular weight excluding hydrogens is 276 g/mol. The van der Waals surface area contributed by atoms with Crippen LogP contribution < -0.4 is 11.2 Å². The predicted molar refractivity (Wildman–Crippen MR) is 71.9 cm³/mol. The average Bonchev–Trinajstić information content (AvgIpc) is 2.31. The maximum absolute atomic E-state index is 12.2. The molecule has 0 amide bonds. The van der Waals surface area contributed by atoms with E-state index < -0.39 is 16.5 Å². The van der Waals surface area contributed by atoms with Crippen molar-refractivity contribution in [3.05, 3.63) is 31.6 Å². The van der Waals surface area contributed by atoms with E-state index in [4.69, 9.17) is 11.6 Å². The SMILES string of the molecule is CCc1c(Cl)[nH]c(=O)n(C2CCS(=O)CC2)c1=O. The zero-order valence-electron chi connectivity index (χ0n) is 10.1. The Morgan fingerprint density at radius 1 is 1.39 bits per heavy atom. The Morgan fingerprint density at radius 2 is 2.00 bits per heavy atom. The first kappa shape index (κ1) is 13.5. The van der Waals surface area contributed by atoms with Gasteiger partial charge in [0.25, 0.3) is 5.56 Å². The van der Waals surface area contributed by atoms with Crippen molar-refractivity contribution in [2.24, 2.45) is 0 Å². The van der Waals surface area contributed by atoms with Crippen LogP contribution in [0.3, 0.4) is 0 Å². The highest BCUT2D eigenvalue weighted by Gasteiger charge is 2.23. The second kappa shape index (κ2) is 5.40. The zero-order valence-corrected chi connectivity index (χ0v) is 11.6. The van der Waals surface area contributed by atoms with E-state index in [1.807, 2.05) is 6.92 Å². The molecule has 100 valence electrons. The number of aromatic amines is 1. The van der Waals surface area contributed by atoms with E-state index in [1.165, 1.54) is 4.57 Å². The fourth-order valence-electron chi connectivity index (χ4n) is 2.24. The summed E-state index contributed by atoms with van der Waals surface area (Å²) < 4.78 is 12.5. The number of hydrogen-bond acceptors (Lipinski definition) is 3. The van der Waals surface area contributed by atoms with Gasteiger partial charge in [0.15, 0.2) is 0 Å². The number of nitrogens with zero attached hydrogens (tertiary/aromatic N) is 1. The lowest BCUT2D eigenvalue weighted by Gasteiger charge is -2.23. The highest BCUT2D eigenvalue weighted by atomic mass is 35.5. The molecule has 0 aromatic carbocycles. The lowest BCUT2D eigenvalue weighted by atomic mass is 10.1. The van der Waals surface area contributed by atoms with Crippen LogP contribution in [0.5, 0.6) is 0 Å². The van der Waals surface area contributed by atoms with Crippen LogP contribution in [-0.2, 0) is 17.2 Å². The van der Waals surface area contributed by atoms with Gasteiger partial charge in [0, 0.05) is 28.3 Å². The minimum absolute atomic E-state index is 0.128. The molecule has 5 nitrogen and oxygen atoms in total. The van der Waals surface area contributed by atoms with Gasteiger partial charge in [0.05, 0.1) is 5.56 Å². The van der Waals surface area contributed by atoms with Gasteiger partial charge in [0.1, 0.15) is 5.15 Å². The summed E-state index contributed by atoms with van der Waals surface area (Å²) in [6.07, 6.45) is 1.67.